The number of hydrogen-bond donors (Lipinski definition) is 0. The monoisotopic (exact) mass is 282 g/mol. The molecule has 0 heterocycles. The van der Waals surface area contributed by atoms with Gasteiger partial charge < -0.3 is 14.4 Å². The van der Waals surface area contributed by atoms with Crippen LogP contribution in [0, 0.1) is 10.1 Å². The van der Waals surface area contributed by atoms with Crippen molar-refractivity contribution in [2.24, 2.45) is 0 Å². The molecule has 0 bridgehead atoms. The van der Waals surface area contributed by atoms with Gasteiger partial charge in [0.05, 0.1) is 19.1 Å². The SMILES string of the molecule is COC(=O)CN(CC(=O)OC)c1ccc([N+](=O)[O-])cc1. The molecule has 0 amide bonds. The molecule has 0 aliphatic heterocycles. The molecule has 0 fully saturated rings. The molecule has 0 aliphatic rings. The molecule has 1 rings (SSSR count). The van der Waals surface area contributed by atoms with Crippen molar-refractivity contribution in [3.8, 4) is 0 Å². The van der Waals surface area contributed by atoms with E-state index in [1.165, 1.54) is 43.4 Å². The van der Waals surface area contributed by atoms with Gasteiger partial charge in [0.2, 0.25) is 0 Å². The third-order valence-corrected chi connectivity index (χ3v) is 2.52. The standard InChI is InChI=1S/C12H14N2O6/c1-19-11(15)7-13(8-12(16)20-2)9-3-5-10(6-4-9)14(17)18/h3-6H,7-8H2,1-2H3. The van der Waals surface area contributed by atoms with Crippen molar-refractivity contribution in [2.45, 2.75) is 0 Å². The van der Waals surface area contributed by atoms with E-state index < -0.39 is 16.9 Å². The Kier molecular flexibility index (Phi) is 5.45. The molecule has 20 heavy (non-hydrogen) atoms. The molecule has 1 aromatic rings. The van der Waals surface area contributed by atoms with Gasteiger partial charge in [-0.15, -0.1) is 0 Å². The van der Waals surface area contributed by atoms with E-state index in [4.69, 9.17) is 0 Å². The Labute approximate surface area is 115 Å². The van der Waals surface area contributed by atoms with Crippen LogP contribution in [0.5, 0.6) is 0 Å². The van der Waals surface area contributed by atoms with Gasteiger partial charge in [0.1, 0.15) is 13.1 Å². The van der Waals surface area contributed by atoms with Crippen LogP contribution in [-0.4, -0.2) is 44.2 Å². The van der Waals surface area contributed by atoms with Gasteiger partial charge in [-0.25, -0.2) is 0 Å². The number of esters is 2. The maximum Gasteiger partial charge on any atom is 0.325 e. The minimum atomic E-state index is -0.535. The lowest BCUT2D eigenvalue weighted by atomic mass is 10.2. The number of ether oxygens (including phenoxy) is 2. The molecule has 0 saturated heterocycles. The zero-order valence-corrected chi connectivity index (χ0v) is 11.1. The second-order valence-electron chi connectivity index (χ2n) is 3.78. The second-order valence-corrected chi connectivity index (χ2v) is 3.78. The van der Waals surface area contributed by atoms with Crippen molar-refractivity contribution in [1.82, 2.24) is 0 Å². The predicted molar refractivity (Wildman–Crippen MR) is 69.3 cm³/mol. The van der Waals surface area contributed by atoms with E-state index in [2.05, 4.69) is 9.47 Å². The number of methoxy groups -OCH3 is 2. The first-order valence-electron chi connectivity index (χ1n) is 5.61. The van der Waals surface area contributed by atoms with Gasteiger partial charge in [0.15, 0.2) is 0 Å². The predicted octanol–water partition coefficient (Wildman–Crippen LogP) is 0.747. The van der Waals surface area contributed by atoms with Crippen LogP contribution < -0.4 is 4.90 Å². The highest BCUT2D eigenvalue weighted by Crippen LogP contribution is 2.19. The summed E-state index contributed by atoms with van der Waals surface area (Å²) in [5, 5.41) is 10.6. The van der Waals surface area contributed by atoms with E-state index in [-0.39, 0.29) is 18.8 Å². The molecule has 8 nitrogen and oxygen atoms in total. The highest BCUT2D eigenvalue weighted by Gasteiger charge is 2.17. The van der Waals surface area contributed by atoms with Crippen molar-refractivity contribution in [3.63, 3.8) is 0 Å². The van der Waals surface area contributed by atoms with Crippen LogP contribution >= 0.6 is 0 Å². The van der Waals surface area contributed by atoms with Crippen LogP contribution in [0.3, 0.4) is 0 Å². The lowest BCUT2D eigenvalue weighted by Gasteiger charge is -2.21. The summed E-state index contributed by atoms with van der Waals surface area (Å²) in [5.74, 6) is -1.07. The molecule has 1 aromatic carbocycles. The van der Waals surface area contributed by atoms with Gasteiger partial charge in [-0.05, 0) is 12.1 Å². The number of non-ortho nitro benzene ring substituents is 1. The number of hydrogen-bond acceptors (Lipinski definition) is 7. The quantitative estimate of drug-likeness (QED) is 0.431. The molecule has 0 aliphatic carbocycles. The molecule has 0 aromatic heterocycles. The molecule has 0 radical (unpaired) electrons. The number of carbonyl (C=O) groups excluding carboxylic acids is 2. The molecular weight excluding hydrogens is 268 g/mol. The number of carbonyl (C=O) groups is 2. The van der Waals surface area contributed by atoms with Gasteiger partial charge in [-0.1, -0.05) is 0 Å². The summed E-state index contributed by atoms with van der Waals surface area (Å²) >= 11 is 0. The summed E-state index contributed by atoms with van der Waals surface area (Å²) in [6.07, 6.45) is 0. The van der Waals surface area contributed by atoms with Crippen LogP contribution in [-0.2, 0) is 19.1 Å². The summed E-state index contributed by atoms with van der Waals surface area (Å²) < 4.78 is 9.08. The van der Waals surface area contributed by atoms with Gasteiger partial charge >= 0.3 is 11.9 Å². The van der Waals surface area contributed by atoms with Gasteiger partial charge in [-0.3, -0.25) is 19.7 Å². The Morgan fingerprint density at radius 3 is 1.90 bits per heavy atom. The number of benzene rings is 1. The lowest BCUT2D eigenvalue weighted by molar-refractivity contribution is -0.384. The van der Waals surface area contributed by atoms with E-state index in [0.29, 0.717) is 5.69 Å². The Bertz CT molecular complexity index is 481. The van der Waals surface area contributed by atoms with Crippen molar-refractivity contribution in [1.29, 1.82) is 0 Å². The third-order valence-electron chi connectivity index (χ3n) is 2.52. The fourth-order valence-electron chi connectivity index (χ4n) is 1.46. The van der Waals surface area contributed by atoms with Crippen molar-refractivity contribution in [2.75, 3.05) is 32.2 Å². The number of nitrogens with zero attached hydrogens (tertiary/aromatic N) is 2. The molecule has 0 spiro atoms. The van der Waals surface area contributed by atoms with E-state index >= 15 is 0 Å². The first kappa shape index (κ1) is 15.4. The number of nitro benzene ring substituents is 1. The number of anilines is 1. The third kappa shape index (κ3) is 4.23. The lowest BCUT2D eigenvalue weighted by Crippen LogP contribution is -2.35. The average molecular weight is 282 g/mol. The largest absolute Gasteiger partial charge is 0.468 e. The molecular formula is C12H14N2O6. The Morgan fingerprint density at radius 1 is 1.10 bits per heavy atom. The maximum atomic E-state index is 11.3. The summed E-state index contributed by atoms with van der Waals surface area (Å²) in [4.78, 5) is 34.1. The van der Waals surface area contributed by atoms with Gasteiger partial charge in [0.25, 0.3) is 5.69 Å². The average Bonchev–Trinajstić information content (AvgIpc) is 2.46. The van der Waals surface area contributed by atoms with Gasteiger partial charge in [0, 0.05) is 17.8 Å². The normalized spacial score (nSPS) is 9.70. The van der Waals surface area contributed by atoms with Crippen LogP contribution in [0.15, 0.2) is 24.3 Å². The van der Waals surface area contributed by atoms with Crippen molar-refractivity contribution >= 4 is 23.3 Å². The summed E-state index contributed by atoms with van der Waals surface area (Å²) in [5.41, 5.74) is 0.399. The van der Waals surface area contributed by atoms with Crippen molar-refractivity contribution < 1.29 is 24.0 Å². The number of nitro groups is 1. The van der Waals surface area contributed by atoms with Crippen LogP contribution in [0.1, 0.15) is 0 Å². The zero-order valence-electron chi connectivity index (χ0n) is 11.1. The van der Waals surface area contributed by atoms with Gasteiger partial charge in [-0.2, -0.15) is 0 Å². The molecule has 0 atom stereocenters. The highest BCUT2D eigenvalue weighted by molar-refractivity contribution is 5.81. The van der Waals surface area contributed by atoms with Crippen molar-refractivity contribution in [3.05, 3.63) is 34.4 Å². The van der Waals surface area contributed by atoms with Crippen LogP contribution in [0.2, 0.25) is 0 Å². The smallest absolute Gasteiger partial charge is 0.325 e. The second kappa shape index (κ2) is 7.07. The number of rotatable bonds is 6. The first-order chi connectivity index (χ1) is 9.47. The van der Waals surface area contributed by atoms with E-state index in [0.717, 1.165) is 0 Å². The first-order valence-corrected chi connectivity index (χ1v) is 5.61. The molecule has 8 heteroatoms. The highest BCUT2D eigenvalue weighted by atomic mass is 16.6. The minimum Gasteiger partial charge on any atom is -0.468 e. The zero-order chi connectivity index (χ0) is 15.1. The topological polar surface area (TPSA) is 99.0 Å². The fraction of sp³-hybridized carbons (Fsp3) is 0.333. The van der Waals surface area contributed by atoms with Crippen LogP contribution in [0.25, 0.3) is 0 Å². The summed E-state index contributed by atoms with van der Waals surface area (Å²) in [6.45, 7) is -0.327. The Balaban J connectivity index is 2.93. The minimum absolute atomic E-state index is 0.0789. The summed E-state index contributed by atoms with van der Waals surface area (Å²) in [7, 11) is 2.46. The van der Waals surface area contributed by atoms with E-state index in [1.54, 1.807) is 0 Å². The van der Waals surface area contributed by atoms with Crippen LogP contribution in [0.4, 0.5) is 11.4 Å². The Morgan fingerprint density at radius 2 is 1.55 bits per heavy atom. The fourth-order valence-corrected chi connectivity index (χ4v) is 1.46. The summed E-state index contributed by atoms with van der Waals surface area (Å²) in [6, 6.07) is 5.47. The molecule has 0 unspecified atom stereocenters. The molecule has 108 valence electrons. The molecule has 0 N–H and O–H groups in total. The van der Waals surface area contributed by atoms with E-state index in [9.17, 15) is 19.7 Å². The van der Waals surface area contributed by atoms with E-state index in [1.807, 2.05) is 0 Å². The molecule has 0 saturated carbocycles. The Hall–Kier alpha value is -2.64. The maximum absolute atomic E-state index is 11.3.